The molecule has 1 N–H and O–H groups in total. The maximum Gasteiger partial charge on any atom is 0.346 e. The second kappa shape index (κ2) is 10.1. The highest BCUT2D eigenvalue weighted by Crippen LogP contribution is 2.35. The lowest BCUT2D eigenvalue weighted by molar-refractivity contribution is 0.0729. The van der Waals surface area contributed by atoms with Crippen molar-refractivity contribution in [1.82, 2.24) is 0 Å². The van der Waals surface area contributed by atoms with E-state index in [0.717, 1.165) is 6.07 Å². The van der Waals surface area contributed by atoms with Gasteiger partial charge in [0.25, 0.3) is 0 Å². The molecule has 3 rings (SSSR count). The summed E-state index contributed by atoms with van der Waals surface area (Å²) in [7, 11) is 0. The Bertz CT molecular complexity index is 1180. The average Bonchev–Trinajstić information content (AvgIpc) is 2.69. The SMILES string of the molecule is C/C(=N\Nc1c(Cl)cc(Cl)cc1Cl)c1cc(Cl)cc(Cl)c1OC(=O)c1ccccc1F. The summed E-state index contributed by atoms with van der Waals surface area (Å²) in [5.41, 5.74) is 3.46. The molecule has 0 heterocycles. The first kappa shape index (κ1) is 23.6. The van der Waals surface area contributed by atoms with Gasteiger partial charge in [-0.15, -0.1) is 0 Å². The van der Waals surface area contributed by atoms with Gasteiger partial charge in [0, 0.05) is 15.6 Å². The molecule has 31 heavy (non-hydrogen) atoms. The van der Waals surface area contributed by atoms with Crippen molar-refractivity contribution in [2.45, 2.75) is 6.92 Å². The van der Waals surface area contributed by atoms with Crippen molar-refractivity contribution in [3.05, 3.63) is 90.6 Å². The molecular formula is C21H12Cl5FN2O2. The van der Waals surface area contributed by atoms with Gasteiger partial charge in [-0.25, -0.2) is 9.18 Å². The van der Waals surface area contributed by atoms with Crippen LogP contribution in [0.3, 0.4) is 0 Å². The number of hydrogen-bond acceptors (Lipinski definition) is 4. The number of nitrogens with zero attached hydrogens (tertiary/aromatic N) is 1. The third-order valence-electron chi connectivity index (χ3n) is 4.03. The van der Waals surface area contributed by atoms with Gasteiger partial charge >= 0.3 is 5.97 Å². The number of hydrogen-bond donors (Lipinski definition) is 1. The summed E-state index contributed by atoms with van der Waals surface area (Å²) in [6.45, 7) is 1.62. The number of carbonyl (C=O) groups is 1. The van der Waals surface area contributed by atoms with E-state index in [-0.39, 0.29) is 31.4 Å². The van der Waals surface area contributed by atoms with Crippen LogP contribution in [-0.2, 0) is 0 Å². The van der Waals surface area contributed by atoms with Gasteiger partial charge in [0.05, 0.1) is 32.0 Å². The van der Waals surface area contributed by atoms with E-state index < -0.39 is 11.8 Å². The highest BCUT2D eigenvalue weighted by molar-refractivity contribution is 6.41. The number of nitrogens with one attached hydrogen (secondary N) is 1. The van der Waals surface area contributed by atoms with Crippen molar-refractivity contribution >= 4 is 75.4 Å². The first-order valence-corrected chi connectivity index (χ1v) is 10.5. The molecule has 0 aliphatic carbocycles. The average molecular weight is 521 g/mol. The fourth-order valence-corrected chi connectivity index (χ4v) is 3.99. The molecule has 0 amide bonds. The van der Waals surface area contributed by atoms with Crippen molar-refractivity contribution in [3.8, 4) is 5.75 Å². The Hall–Kier alpha value is -2.02. The molecule has 3 aromatic rings. The Labute approximate surface area is 202 Å². The van der Waals surface area contributed by atoms with Gasteiger partial charge in [-0.2, -0.15) is 5.10 Å². The summed E-state index contributed by atoms with van der Waals surface area (Å²) >= 11 is 30.6. The maximum atomic E-state index is 14.0. The summed E-state index contributed by atoms with van der Waals surface area (Å²) in [6, 6.07) is 11.3. The van der Waals surface area contributed by atoms with Crippen LogP contribution in [0.5, 0.6) is 5.75 Å². The fraction of sp³-hybridized carbons (Fsp3) is 0.0476. The molecule has 0 aliphatic heterocycles. The zero-order valence-corrected chi connectivity index (χ0v) is 19.4. The van der Waals surface area contributed by atoms with Crippen LogP contribution in [0.1, 0.15) is 22.8 Å². The third kappa shape index (κ3) is 5.62. The summed E-state index contributed by atoms with van der Waals surface area (Å²) in [5.74, 6) is -1.68. The van der Waals surface area contributed by atoms with Gasteiger partial charge in [-0.05, 0) is 43.3 Å². The topological polar surface area (TPSA) is 50.7 Å². The van der Waals surface area contributed by atoms with Crippen LogP contribution in [0.25, 0.3) is 0 Å². The number of halogens is 6. The van der Waals surface area contributed by atoms with Crippen molar-refractivity contribution in [3.63, 3.8) is 0 Å². The van der Waals surface area contributed by atoms with Gasteiger partial charge in [0.2, 0.25) is 0 Å². The van der Waals surface area contributed by atoms with Gasteiger partial charge < -0.3 is 4.74 Å². The van der Waals surface area contributed by atoms with E-state index >= 15 is 0 Å². The summed E-state index contributed by atoms with van der Waals surface area (Å²) in [4.78, 5) is 12.5. The van der Waals surface area contributed by atoms with Crippen LogP contribution in [0, 0.1) is 5.82 Å². The minimum Gasteiger partial charge on any atom is -0.421 e. The van der Waals surface area contributed by atoms with Gasteiger partial charge in [0.15, 0.2) is 5.75 Å². The van der Waals surface area contributed by atoms with Gasteiger partial charge in [0.1, 0.15) is 5.82 Å². The number of ether oxygens (including phenoxy) is 1. The Morgan fingerprint density at radius 3 is 2.13 bits per heavy atom. The first-order chi connectivity index (χ1) is 14.7. The minimum atomic E-state index is -0.923. The first-order valence-electron chi connectivity index (χ1n) is 8.58. The van der Waals surface area contributed by atoms with Gasteiger partial charge in [-0.3, -0.25) is 5.43 Å². The molecule has 0 atom stereocenters. The van der Waals surface area contributed by atoms with E-state index in [1.165, 1.54) is 42.5 Å². The minimum absolute atomic E-state index is 0.0318. The smallest absolute Gasteiger partial charge is 0.346 e. The number of esters is 1. The standard InChI is InChI=1S/C21H12Cl5FN2O2/c1-10(28-29-19-15(24)7-12(23)8-16(19)25)14-6-11(22)9-17(26)20(14)31-21(30)13-4-2-3-5-18(13)27/h2-9,29H,1H3/b28-10+. The molecule has 0 saturated carbocycles. The van der Waals surface area contributed by atoms with Crippen LogP contribution in [0.15, 0.2) is 53.6 Å². The second-order valence-electron chi connectivity index (χ2n) is 6.19. The van der Waals surface area contributed by atoms with E-state index in [4.69, 9.17) is 62.7 Å². The summed E-state index contributed by atoms with van der Waals surface area (Å²) in [5, 5.41) is 5.43. The molecule has 3 aromatic carbocycles. The van der Waals surface area contributed by atoms with E-state index in [1.54, 1.807) is 6.92 Å². The Morgan fingerprint density at radius 1 is 0.903 bits per heavy atom. The Balaban J connectivity index is 1.96. The second-order valence-corrected chi connectivity index (χ2v) is 8.28. The van der Waals surface area contributed by atoms with Gasteiger partial charge in [-0.1, -0.05) is 70.1 Å². The number of hydrazone groups is 1. The zero-order chi connectivity index (χ0) is 22.7. The monoisotopic (exact) mass is 518 g/mol. The van der Waals surface area contributed by atoms with Crippen LogP contribution in [-0.4, -0.2) is 11.7 Å². The van der Waals surface area contributed by atoms with Crippen LogP contribution < -0.4 is 10.2 Å². The summed E-state index contributed by atoms with van der Waals surface area (Å²) in [6.07, 6.45) is 0. The zero-order valence-electron chi connectivity index (χ0n) is 15.7. The van der Waals surface area contributed by atoms with E-state index in [1.807, 2.05) is 0 Å². The third-order valence-corrected chi connectivity index (χ3v) is 5.34. The molecule has 160 valence electrons. The number of benzene rings is 3. The van der Waals surface area contributed by atoms with E-state index in [2.05, 4.69) is 10.5 Å². The maximum absolute atomic E-state index is 14.0. The fourth-order valence-electron chi connectivity index (χ4n) is 2.56. The largest absolute Gasteiger partial charge is 0.421 e. The lowest BCUT2D eigenvalue weighted by atomic mass is 10.1. The highest BCUT2D eigenvalue weighted by atomic mass is 35.5. The predicted octanol–water partition coefficient (Wildman–Crippen LogP) is 8.15. The molecule has 0 spiro atoms. The molecule has 0 unspecified atom stereocenters. The predicted molar refractivity (Wildman–Crippen MR) is 125 cm³/mol. The van der Waals surface area contributed by atoms with Crippen LogP contribution in [0.4, 0.5) is 10.1 Å². The number of rotatable bonds is 5. The lowest BCUT2D eigenvalue weighted by Crippen LogP contribution is -2.13. The molecule has 0 fully saturated rings. The Morgan fingerprint density at radius 2 is 1.48 bits per heavy atom. The van der Waals surface area contributed by atoms with Crippen molar-refractivity contribution < 1.29 is 13.9 Å². The van der Waals surface area contributed by atoms with Crippen LogP contribution >= 0.6 is 58.0 Å². The number of anilines is 1. The van der Waals surface area contributed by atoms with E-state index in [9.17, 15) is 9.18 Å². The molecule has 0 aromatic heterocycles. The lowest BCUT2D eigenvalue weighted by Gasteiger charge is -2.14. The summed E-state index contributed by atoms with van der Waals surface area (Å²) < 4.78 is 19.3. The Kier molecular flexibility index (Phi) is 7.68. The molecule has 0 bridgehead atoms. The van der Waals surface area contributed by atoms with E-state index in [0.29, 0.717) is 22.0 Å². The normalized spacial score (nSPS) is 11.4. The van der Waals surface area contributed by atoms with Crippen molar-refractivity contribution in [2.75, 3.05) is 5.43 Å². The molecule has 0 aliphatic rings. The molecule has 10 heteroatoms. The molecule has 0 saturated heterocycles. The highest BCUT2D eigenvalue weighted by Gasteiger charge is 2.20. The number of carbonyl (C=O) groups excluding carboxylic acids is 1. The molecule has 0 radical (unpaired) electrons. The van der Waals surface area contributed by atoms with Crippen molar-refractivity contribution in [1.29, 1.82) is 0 Å². The quantitative estimate of drug-likeness (QED) is 0.160. The van der Waals surface area contributed by atoms with Crippen LogP contribution in [0.2, 0.25) is 25.1 Å². The molecular weight excluding hydrogens is 509 g/mol. The van der Waals surface area contributed by atoms with Crippen molar-refractivity contribution in [2.24, 2.45) is 5.10 Å². The molecule has 4 nitrogen and oxygen atoms in total.